The molecule has 104 valence electrons. The summed E-state index contributed by atoms with van der Waals surface area (Å²) >= 11 is 5.81. The first-order chi connectivity index (χ1) is 8.73. The van der Waals surface area contributed by atoms with Crippen molar-refractivity contribution in [2.45, 2.75) is 26.0 Å². The maximum Gasteiger partial charge on any atom is 0.246 e. The SMILES string of the molecule is C=CC(=O)N(Cc1cc(Cl)ccc1F)CC(C)(C)O. The number of carbonyl (C=O) groups is 1. The number of amides is 1. The summed E-state index contributed by atoms with van der Waals surface area (Å²) in [6, 6.07) is 4.15. The van der Waals surface area contributed by atoms with Gasteiger partial charge < -0.3 is 10.0 Å². The number of aliphatic hydroxyl groups is 1. The van der Waals surface area contributed by atoms with Crippen LogP contribution in [0.4, 0.5) is 4.39 Å². The molecule has 5 heteroatoms. The third-order valence-electron chi connectivity index (χ3n) is 2.43. The Morgan fingerprint density at radius 2 is 2.21 bits per heavy atom. The van der Waals surface area contributed by atoms with E-state index in [0.29, 0.717) is 10.6 Å². The van der Waals surface area contributed by atoms with Gasteiger partial charge in [-0.1, -0.05) is 18.2 Å². The predicted molar refractivity (Wildman–Crippen MR) is 73.3 cm³/mol. The number of halogens is 2. The summed E-state index contributed by atoms with van der Waals surface area (Å²) in [5, 5.41) is 10.2. The molecule has 1 rings (SSSR count). The van der Waals surface area contributed by atoms with Gasteiger partial charge in [-0.05, 0) is 38.1 Å². The second-order valence-corrected chi connectivity index (χ2v) is 5.38. The molecule has 0 aliphatic rings. The highest BCUT2D eigenvalue weighted by atomic mass is 35.5. The molecule has 0 aliphatic heterocycles. The van der Waals surface area contributed by atoms with Crippen LogP contribution in [-0.2, 0) is 11.3 Å². The van der Waals surface area contributed by atoms with Gasteiger partial charge in [-0.25, -0.2) is 4.39 Å². The van der Waals surface area contributed by atoms with Gasteiger partial charge in [0.1, 0.15) is 5.82 Å². The van der Waals surface area contributed by atoms with Crippen molar-refractivity contribution in [3.05, 3.63) is 47.3 Å². The summed E-state index contributed by atoms with van der Waals surface area (Å²) in [4.78, 5) is 13.1. The Morgan fingerprint density at radius 1 is 1.58 bits per heavy atom. The minimum atomic E-state index is -1.08. The van der Waals surface area contributed by atoms with Crippen molar-refractivity contribution in [1.29, 1.82) is 0 Å². The molecule has 0 saturated carbocycles. The van der Waals surface area contributed by atoms with E-state index in [1.54, 1.807) is 13.8 Å². The van der Waals surface area contributed by atoms with Crippen molar-refractivity contribution in [2.24, 2.45) is 0 Å². The highest BCUT2D eigenvalue weighted by molar-refractivity contribution is 6.30. The van der Waals surface area contributed by atoms with Crippen LogP contribution >= 0.6 is 11.6 Å². The second-order valence-electron chi connectivity index (χ2n) is 4.95. The summed E-state index contributed by atoms with van der Waals surface area (Å²) in [6.45, 7) is 6.65. The lowest BCUT2D eigenvalue weighted by molar-refractivity contribution is -0.129. The Kier molecular flexibility index (Phi) is 5.09. The number of carbonyl (C=O) groups excluding carboxylic acids is 1. The van der Waals surface area contributed by atoms with E-state index in [2.05, 4.69) is 6.58 Å². The summed E-state index contributed by atoms with van der Waals surface area (Å²) in [7, 11) is 0. The van der Waals surface area contributed by atoms with Crippen LogP contribution in [0.25, 0.3) is 0 Å². The summed E-state index contributed by atoms with van der Waals surface area (Å²) < 4.78 is 13.6. The van der Waals surface area contributed by atoms with E-state index in [9.17, 15) is 14.3 Å². The van der Waals surface area contributed by atoms with E-state index >= 15 is 0 Å². The normalized spacial score (nSPS) is 11.2. The van der Waals surface area contributed by atoms with Gasteiger partial charge in [-0.3, -0.25) is 4.79 Å². The van der Waals surface area contributed by atoms with Crippen LogP contribution in [0.1, 0.15) is 19.4 Å². The third kappa shape index (κ3) is 5.01. The molecule has 0 atom stereocenters. The number of hydrogen-bond acceptors (Lipinski definition) is 2. The van der Waals surface area contributed by atoms with E-state index in [-0.39, 0.29) is 19.0 Å². The molecule has 19 heavy (non-hydrogen) atoms. The van der Waals surface area contributed by atoms with Crippen LogP contribution in [0.15, 0.2) is 30.9 Å². The van der Waals surface area contributed by atoms with Gasteiger partial charge in [0.2, 0.25) is 5.91 Å². The molecule has 0 radical (unpaired) electrons. The standard InChI is InChI=1S/C14H17ClFNO2/c1-4-13(18)17(9-14(2,3)19)8-10-7-11(15)5-6-12(10)16/h4-7,19H,1,8-9H2,2-3H3. The second kappa shape index (κ2) is 6.17. The van der Waals surface area contributed by atoms with E-state index in [4.69, 9.17) is 11.6 Å². The molecule has 0 aliphatic carbocycles. The highest BCUT2D eigenvalue weighted by Gasteiger charge is 2.22. The topological polar surface area (TPSA) is 40.5 Å². The highest BCUT2D eigenvalue weighted by Crippen LogP contribution is 2.18. The van der Waals surface area contributed by atoms with Crippen molar-refractivity contribution < 1.29 is 14.3 Å². The van der Waals surface area contributed by atoms with Gasteiger partial charge in [0.15, 0.2) is 0 Å². The summed E-state index contributed by atoms with van der Waals surface area (Å²) in [6.07, 6.45) is 1.13. The molecule has 1 N–H and O–H groups in total. The van der Waals surface area contributed by atoms with E-state index in [0.717, 1.165) is 6.08 Å². The van der Waals surface area contributed by atoms with Crippen molar-refractivity contribution in [2.75, 3.05) is 6.54 Å². The maximum atomic E-state index is 13.6. The molecule has 1 aromatic carbocycles. The van der Waals surface area contributed by atoms with Crippen LogP contribution in [0, 0.1) is 5.82 Å². The predicted octanol–water partition coefficient (Wildman–Crippen LogP) is 2.76. The first-order valence-corrected chi connectivity index (χ1v) is 6.18. The van der Waals surface area contributed by atoms with Crippen LogP contribution < -0.4 is 0 Å². The lowest BCUT2D eigenvalue weighted by Gasteiger charge is -2.28. The molecule has 0 spiro atoms. The zero-order chi connectivity index (χ0) is 14.6. The number of nitrogens with zero attached hydrogens (tertiary/aromatic N) is 1. The van der Waals surface area contributed by atoms with Gasteiger partial charge in [-0.15, -0.1) is 0 Å². The molecule has 0 unspecified atom stereocenters. The molecule has 3 nitrogen and oxygen atoms in total. The van der Waals surface area contributed by atoms with E-state index in [1.165, 1.54) is 23.1 Å². The fraction of sp³-hybridized carbons (Fsp3) is 0.357. The zero-order valence-corrected chi connectivity index (χ0v) is 11.7. The number of hydrogen-bond donors (Lipinski definition) is 1. The van der Waals surface area contributed by atoms with Gasteiger partial charge in [0.05, 0.1) is 5.60 Å². The summed E-state index contributed by atoms with van der Waals surface area (Å²) in [5.41, 5.74) is -0.778. The average Bonchev–Trinajstić information content (AvgIpc) is 2.30. The van der Waals surface area contributed by atoms with Crippen LogP contribution in [0.5, 0.6) is 0 Å². The largest absolute Gasteiger partial charge is 0.389 e. The molecular weight excluding hydrogens is 269 g/mol. The molecule has 0 aromatic heterocycles. The van der Waals surface area contributed by atoms with Gasteiger partial charge in [-0.2, -0.15) is 0 Å². The summed E-state index contributed by atoms with van der Waals surface area (Å²) in [5.74, 6) is -0.816. The Labute approximate surface area is 117 Å². The number of rotatable bonds is 5. The monoisotopic (exact) mass is 285 g/mol. The fourth-order valence-electron chi connectivity index (χ4n) is 1.68. The van der Waals surface area contributed by atoms with Crippen molar-refractivity contribution in [3.63, 3.8) is 0 Å². The van der Waals surface area contributed by atoms with E-state index in [1.807, 2.05) is 0 Å². The van der Waals surface area contributed by atoms with Crippen LogP contribution in [0.3, 0.4) is 0 Å². The molecule has 0 bridgehead atoms. The average molecular weight is 286 g/mol. The van der Waals surface area contributed by atoms with Crippen molar-refractivity contribution >= 4 is 17.5 Å². The third-order valence-corrected chi connectivity index (χ3v) is 2.67. The van der Waals surface area contributed by atoms with Gasteiger partial charge in [0.25, 0.3) is 0 Å². The van der Waals surface area contributed by atoms with Crippen molar-refractivity contribution in [3.8, 4) is 0 Å². The van der Waals surface area contributed by atoms with Crippen molar-refractivity contribution in [1.82, 2.24) is 4.90 Å². The molecule has 0 fully saturated rings. The van der Waals surface area contributed by atoms with Gasteiger partial charge >= 0.3 is 0 Å². The lowest BCUT2D eigenvalue weighted by atomic mass is 10.1. The fourth-order valence-corrected chi connectivity index (χ4v) is 1.87. The number of benzene rings is 1. The Morgan fingerprint density at radius 3 is 2.74 bits per heavy atom. The first-order valence-electron chi connectivity index (χ1n) is 5.80. The maximum absolute atomic E-state index is 13.6. The zero-order valence-electron chi connectivity index (χ0n) is 11.0. The minimum Gasteiger partial charge on any atom is -0.389 e. The molecule has 0 saturated heterocycles. The van der Waals surface area contributed by atoms with E-state index < -0.39 is 11.4 Å². The van der Waals surface area contributed by atoms with Crippen LogP contribution in [0.2, 0.25) is 5.02 Å². The Bertz CT molecular complexity index is 483. The van der Waals surface area contributed by atoms with Gasteiger partial charge in [0, 0.05) is 23.7 Å². The molecule has 1 amide bonds. The quantitative estimate of drug-likeness (QED) is 0.845. The molecule has 0 heterocycles. The molecular formula is C14H17ClFNO2. The molecule has 1 aromatic rings. The first kappa shape index (κ1) is 15.7. The minimum absolute atomic E-state index is 0.0290. The Hall–Kier alpha value is -1.39. The Balaban J connectivity index is 2.97. The lowest BCUT2D eigenvalue weighted by Crippen LogP contribution is -2.41. The van der Waals surface area contributed by atoms with Crippen LogP contribution in [-0.4, -0.2) is 28.1 Å². The smallest absolute Gasteiger partial charge is 0.246 e.